The van der Waals surface area contributed by atoms with Crippen LogP contribution in [0.1, 0.15) is 25.3 Å². The quantitative estimate of drug-likeness (QED) is 0.203. The average Bonchev–Trinajstić information content (AvgIpc) is 2.65. The SMILES string of the molecule is CC(C)c1cccc(NC(N)=NCCNS(=O)(=O)c2cccc([N+](=O)[O-])c2)c1. The van der Waals surface area contributed by atoms with Crippen molar-refractivity contribution >= 4 is 27.4 Å². The number of nitro groups is 1. The van der Waals surface area contributed by atoms with E-state index in [4.69, 9.17) is 5.73 Å². The van der Waals surface area contributed by atoms with Gasteiger partial charge in [0.15, 0.2) is 5.96 Å². The molecule has 0 heterocycles. The molecule has 0 aliphatic rings. The van der Waals surface area contributed by atoms with Crippen molar-refractivity contribution < 1.29 is 13.3 Å². The van der Waals surface area contributed by atoms with Gasteiger partial charge in [-0.2, -0.15) is 0 Å². The van der Waals surface area contributed by atoms with E-state index in [1.807, 2.05) is 24.3 Å². The number of hydrogen-bond acceptors (Lipinski definition) is 5. The minimum absolute atomic E-state index is 0.000557. The highest BCUT2D eigenvalue weighted by Crippen LogP contribution is 2.18. The molecule has 10 heteroatoms. The van der Waals surface area contributed by atoms with Crippen LogP contribution >= 0.6 is 0 Å². The van der Waals surface area contributed by atoms with Gasteiger partial charge < -0.3 is 11.1 Å². The zero-order valence-electron chi connectivity index (χ0n) is 15.6. The minimum Gasteiger partial charge on any atom is -0.370 e. The lowest BCUT2D eigenvalue weighted by molar-refractivity contribution is -0.385. The Kier molecular flexibility index (Phi) is 7.07. The molecule has 0 saturated heterocycles. The zero-order chi connectivity index (χ0) is 20.7. The molecule has 2 aromatic rings. The lowest BCUT2D eigenvalue weighted by atomic mass is 10.0. The second-order valence-electron chi connectivity index (χ2n) is 6.32. The summed E-state index contributed by atoms with van der Waals surface area (Å²) in [6, 6.07) is 12.6. The monoisotopic (exact) mass is 405 g/mol. The van der Waals surface area contributed by atoms with Crippen LogP contribution in [-0.4, -0.2) is 32.4 Å². The van der Waals surface area contributed by atoms with Gasteiger partial charge >= 0.3 is 0 Å². The van der Waals surface area contributed by atoms with Crippen molar-refractivity contribution in [3.63, 3.8) is 0 Å². The molecule has 0 aliphatic carbocycles. The first-order valence-corrected chi connectivity index (χ1v) is 10.1. The molecule has 0 amide bonds. The number of anilines is 1. The molecular weight excluding hydrogens is 382 g/mol. The molecular formula is C18H23N5O4S. The number of nitrogens with two attached hydrogens (primary N) is 1. The summed E-state index contributed by atoms with van der Waals surface area (Å²) in [4.78, 5) is 14.0. The first kappa shape index (κ1) is 21.3. The Balaban J connectivity index is 1.92. The van der Waals surface area contributed by atoms with Gasteiger partial charge in [-0.25, -0.2) is 13.1 Å². The number of guanidine groups is 1. The molecule has 9 nitrogen and oxygen atoms in total. The normalized spacial score (nSPS) is 12.2. The fourth-order valence-electron chi connectivity index (χ4n) is 2.37. The summed E-state index contributed by atoms with van der Waals surface area (Å²) in [5.74, 6) is 0.540. The Bertz CT molecular complexity index is 973. The first-order chi connectivity index (χ1) is 13.2. The number of rotatable bonds is 8. The maximum absolute atomic E-state index is 12.2. The van der Waals surface area contributed by atoms with Crippen LogP contribution in [0.15, 0.2) is 58.4 Å². The van der Waals surface area contributed by atoms with Gasteiger partial charge in [-0.15, -0.1) is 0 Å². The van der Waals surface area contributed by atoms with Crippen LogP contribution < -0.4 is 15.8 Å². The zero-order valence-corrected chi connectivity index (χ0v) is 16.4. The molecule has 4 N–H and O–H groups in total. The van der Waals surface area contributed by atoms with E-state index in [0.29, 0.717) is 5.92 Å². The van der Waals surface area contributed by atoms with E-state index in [-0.39, 0.29) is 29.6 Å². The summed E-state index contributed by atoms with van der Waals surface area (Å²) in [7, 11) is -3.87. The Morgan fingerprint density at radius 2 is 1.93 bits per heavy atom. The molecule has 0 spiro atoms. The second-order valence-corrected chi connectivity index (χ2v) is 8.09. The van der Waals surface area contributed by atoms with Crippen molar-refractivity contribution in [1.82, 2.24) is 4.72 Å². The molecule has 150 valence electrons. The van der Waals surface area contributed by atoms with E-state index < -0.39 is 14.9 Å². The van der Waals surface area contributed by atoms with E-state index in [1.165, 1.54) is 18.2 Å². The fourth-order valence-corrected chi connectivity index (χ4v) is 3.43. The summed E-state index contributed by atoms with van der Waals surface area (Å²) in [5, 5.41) is 13.7. The van der Waals surface area contributed by atoms with Crippen LogP contribution in [0.5, 0.6) is 0 Å². The highest BCUT2D eigenvalue weighted by Gasteiger charge is 2.16. The molecule has 2 rings (SSSR count). The third-order valence-corrected chi connectivity index (χ3v) is 5.31. The molecule has 0 aromatic heterocycles. The van der Waals surface area contributed by atoms with E-state index in [2.05, 4.69) is 28.9 Å². The molecule has 0 unspecified atom stereocenters. The third-order valence-electron chi connectivity index (χ3n) is 3.85. The Hall–Kier alpha value is -2.98. The highest BCUT2D eigenvalue weighted by molar-refractivity contribution is 7.89. The molecule has 28 heavy (non-hydrogen) atoms. The Labute approximate surface area is 163 Å². The van der Waals surface area contributed by atoms with Gasteiger partial charge in [-0.05, 0) is 29.7 Å². The van der Waals surface area contributed by atoms with Gasteiger partial charge in [0, 0.05) is 24.4 Å². The number of benzene rings is 2. The standard InChI is InChI=1S/C18H23N5O4S/c1-13(2)14-5-3-6-15(11-14)22-18(19)20-9-10-21-28(26,27)17-8-4-7-16(12-17)23(24)25/h3-8,11-13,21H,9-10H2,1-2H3,(H3,19,20,22). The summed E-state index contributed by atoms with van der Waals surface area (Å²) in [6.07, 6.45) is 0. The molecule has 0 fully saturated rings. The lowest BCUT2D eigenvalue weighted by Gasteiger charge is -2.10. The number of nitrogens with one attached hydrogen (secondary N) is 2. The number of nitrogens with zero attached hydrogens (tertiary/aromatic N) is 2. The van der Waals surface area contributed by atoms with Crippen molar-refractivity contribution in [2.24, 2.45) is 10.7 Å². The van der Waals surface area contributed by atoms with E-state index in [1.54, 1.807) is 0 Å². The van der Waals surface area contributed by atoms with Crippen molar-refractivity contribution in [2.75, 3.05) is 18.4 Å². The predicted molar refractivity (Wildman–Crippen MR) is 109 cm³/mol. The van der Waals surface area contributed by atoms with E-state index in [9.17, 15) is 18.5 Å². The van der Waals surface area contributed by atoms with Gasteiger partial charge in [0.25, 0.3) is 5.69 Å². The van der Waals surface area contributed by atoms with Crippen molar-refractivity contribution in [1.29, 1.82) is 0 Å². The molecule has 2 aromatic carbocycles. The highest BCUT2D eigenvalue weighted by atomic mass is 32.2. The Morgan fingerprint density at radius 3 is 2.61 bits per heavy atom. The molecule has 0 aliphatic heterocycles. The third kappa shape index (κ3) is 6.03. The largest absolute Gasteiger partial charge is 0.370 e. The van der Waals surface area contributed by atoms with Crippen LogP contribution in [0.2, 0.25) is 0 Å². The summed E-state index contributed by atoms with van der Waals surface area (Å²) in [6.45, 7) is 4.28. The van der Waals surface area contributed by atoms with Crippen LogP contribution in [0.25, 0.3) is 0 Å². The van der Waals surface area contributed by atoms with Gasteiger partial charge in [0.1, 0.15) is 0 Å². The second kappa shape index (κ2) is 9.29. The fraction of sp³-hybridized carbons (Fsp3) is 0.278. The van der Waals surface area contributed by atoms with Gasteiger partial charge in [-0.3, -0.25) is 15.1 Å². The molecule has 0 saturated carbocycles. The number of non-ortho nitro benzene ring substituents is 1. The number of hydrogen-bond donors (Lipinski definition) is 3. The summed E-state index contributed by atoms with van der Waals surface area (Å²) < 4.78 is 26.8. The van der Waals surface area contributed by atoms with Crippen molar-refractivity contribution in [3.05, 3.63) is 64.2 Å². The maximum Gasteiger partial charge on any atom is 0.270 e. The van der Waals surface area contributed by atoms with Crippen molar-refractivity contribution in [3.8, 4) is 0 Å². The molecule has 0 bridgehead atoms. The summed E-state index contributed by atoms with van der Waals surface area (Å²) in [5.41, 5.74) is 7.49. The summed E-state index contributed by atoms with van der Waals surface area (Å²) >= 11 is 0. The maximum atomic E-state index is 12.2. The van der Waals surface area contributed by atoms with Crippen LogP contribution in [0.4, 0.5) is 11.4 Å². The smallest absolute Gasteiger partial charge is 0.270 e. The Morgan fingerprint density at radius 1 is 1.21 bits per heavy atom. The number of aliphatic imine (C=N–C) groups is 1. The van der Waals surface area contributed by atoms with E-state index >= 15 is 0 Å². The van der Waals surface area contributed by atoms with Crippen LogP contribution in [0.3, 0.4) is 0 Å². The van der Waals surface area contributed by atoms with Gasteiger partial charge in [0.2, 0.25) is 10.0 Å². The van der Waals surface area contributed by atoms with E-state index in [0.717, 1.165) is 17.3 Å². The number of sulfonamides is 1. The number of nitro benzene ring substituents is 1. The molecule has 0 radical (unpaired) electrons. The lowest BCUT2D eigenvalue weighted by Crippen LogP contribution is -2.28. The van der Waals surface area contributed by atoms with Gasteiger partial charge in [0.05, 0.1) is 16.4 Å². The van der Waals surface area contributed by atoms with Gasteiger partial charge in [-0.1, -0.05) is 32.0 Å². The first-order valence-electron chi connectivity index (χ1n) is 8.60. The average molecular weight is 405 g/mol. The topological polar surface area (TPSA) is 140 Å². The van der Waals surface area contributed by atoms with Crippen molar-refractivity contribution in [2.45, 2.75) is 24.7 Å². The van der Waals surface area contributed by atoms with Crippen LogP contribution in [0, 0.1) is 10.1 Å². The van der Waals surface area contributed by atoms with Crippen LogP contribution in [-0.2, 0) is 10.0 Å². The minimum atomic E-state index is -3.87. The molecule has 0 atom stereocenters. The predicted octanol–water partition coefficient (Wildman–Crippen LogP) is 2.42.